The van der Waals surface area contributed by atoms with Crippen molar-refractivity contribution in [2.45, 2.75) is 26.3 Å². The van der Waals surface area contributed by atoms with Crippen LogP contribution >= 0.6 is 12.4 Å². The summed E-state index contributed by atoms with van der Waals surface area (Å²) < 4.78 is 0. The van der Waals surface area contributed by atoms with Crippen molar-refractivity contribution in [2.24, 2.45) is 5.73 Å². The Labute approximate surface area is 161 Å². The molecule has 1 atom stereocenters. The minimum Gasteiger partial charge on any atom is -0.339 e. The van der Waals surface area contributed by atoms with Crippen LogP contribution in [-0.2, 0) is 11.2 Å². The molecule has 0 bridgehead atoms. The molecule has 5 nitrogen and oxygen atoms in total. The number of halogens is 1. The molecule has 1 unspecified atom stereocenters. The second-order valence-electron chi connectivity index (χ2n) is 5.84. The first kappa shape index (κ1) is 21.7. The van der Waals surface area contributed by atoms with Crippen LogP contribution in [0, 0.1) is 0 Å². The molecule has 26 heavy (non-hydrogen) atoms. The van der Waals surface area contributed by atoms with E-state index in [4.69, 9.17) is 5.73 Å². The number of hydrogen-bond donors (Lipinski definition) is 2. The standard InChI is InChI=1S/C20H25N3O2.ClH/c1-3-23(4-2)20(25)16-11-8-12-17(14-16)22-19(24)18(21)13-15-9-6-5-7-10-15;/h5-12,14,18H,3-4,13,21H2,1-2H3,(H,22,24);1H. The van der Waals surface area contributed by atoms with Gasteiger partial charge in [-0.05, 0) is 44.0 Å². The summed E-state index contributed by atoms with van der Waals surface area (Å²) in [7, 11) is 0. The lowest BCUT2D eigenvalue weighted by Crippen LogP contribution is -2.37. The van der Waals surface area contributed by atoms with E-state index in [2.05, 4.69) is 5.32 Å². The normalized spacial score (nSPS) is 11.2. The zero-order valence-electron chi connectivity index (χ0n) is 15.1. The van der Waals surface area contributed by atoms with E-state index in [0.29, 0.717) is 30.8 Å². The molecule has 2 aromatic carbocycles. The lowest BCUT2D eigenvalue weighted by Gasteiger charge is -2.19. The van der Waals surface area contributed by atoms with Crippen LogP contribution in [0.4, 0.5) is 5.69 Å². The van der Waals surface area contributed by atoms with Gasteiger partial charge >= 0.3 is 0 Å². The summed E-state index contributed by atoms with van der Waals surface area (Å²) in [6, 6.07) is 15.9. The van der Waals surface area contributed by atoms with Crippen molar-refractivity contribution < 1.29 is 9.59 Å². The Balaban J connectivity index is 0.00000338. The molecule has 0 saturated carbocycles. The van der Waals surface area contributed by atoms with Gasteiger partial charge in [0.15, 0.2) is 0 Å². The van der Waals surface area contributed by atoms with Crippen LogP contribution in [0.25, 0.3) is 0 Å². The van der Waals surface area contributed by atoms with Gasteiger partial charge in [-0.2, -0.15) is 0 Å². The smallest absolute Gasteiger partial charge is 0.253 e. The van der Waals surface area contributed by atoms with E-state index in [1.54, 1.807) is 29.2 Å². The van der Waals surface area contributed by atoms with Crippen LogP contribution in [0.2, 0.25) is 0 Å². The fraction of sp³-hybridized carbons (Fsp3) is 0.300. The van der Waals surface area contributed by atoms with Gasteiger partial charge in [0.1, 0.15) is 0 Å². The molecule has 2 rings (SSSR count). The third-order valence-corrected chi connectivity index (χ3v) is 4.06. The molecule has 0 aliphatic carbocycles. The van der Waals surface area contributed by atoms with Crippen molar-refractivity contribution in [2.75, 3.05) is 18.4 Å². The number of nitrogens with zero attached hydrogens (tertiary/aromatic N) is 1. The van der Waals surface area contributed by atoms with Crippen molar-refractivity contribution in [1.82, 2.24) is 4.90 Å². The second-order valence-corrected chi connectivity index (χ2v) is 5.84. The van der Waals surface area contributed by atoms with Gasteiger partial charge in [0.2, 0.25) is 5.91 Å². The number of amides is 2. The summed E-state index contributed by atoms with van der Waals surface area (Å²) in [5, 5.41) is 2.80. The lowest BCUT2D eigenvalue weighted by atomic mass is 10.1. The Kier molecular flexibility index (Phi) is 8.82. The van der Waals surface area contributed by atoms with Gasteiger partial charge < -0.3 is 16.0 Å². The Bertz CT molecular complexity index is 718. The van der Waals surface area contributed by atoms with Gasteiger partial charge in [-0.25, -0.2) is 0 Å². The van der Waals surface area contributed by atoms with E-state index < -0.39 is 6.04 Å². The molecule has 0 aliphatic heterocycles. The number of nitrogens with two attached hydrogens (primary N) is 1. The van der Waals surface area contributed by atoms with Crippen molar-refractivity contribution in [1.29, 1.82) is 0 Å². The van der Waals surface area contributed by atoms with E-state index in [-0.39, 0.29) is 24.2 Å². The summed E-state index contributed by atoms with van der Waals surface area (Å²) in [6.45, 7) is 5.17. The van der Waals surface area contributed by atoms with E-state index in [0.717, 1.165) is 5.56 Å². The predicted octanol–water partition coefficient (Wildman–Crippen LogP) is 3.10. The molecule has 6 heteroatoms. The van der Waals surface area contributed by atoms with Crippen molar-refractivity contribution in [3.8, 4) is 0 Å². The average molecular weight is 376 g/mol. The number of benzene rings is 2. The van der Waals surface area contributed by atoms with Crippen LogP contribution in [0.3, 0.4) is 0 Å². The van der Waals surface area contributed by atoms with Crippen LogP contribution in [0.5, 0.6) is 0 Å². The number of hydrogen-bond acceptors (Lipinski definition) is 3. The molecule has 0 spiro atoms. The summed E-state index contributed by atoms with van der Waals surface area (Å²) in [4.78, 5) is 26.5. The minimum absolute atomic E-state index is 0. The largest absolute Gasteiger partial charge is 0.339 e. The molecule has 0 fully saturated rings. The first-order valence-electron chi connectivity index (χ1n) is 8.54. The number of nitrogens with one attached hydrogen (secondary N) is 1. The van der Waals surface area contributed by atoms with Gasteiger partial charge in [0, 0.05) is 24.3 Å². The van der Waals surface area contributed by atoms with Crippen molar-refractivity contribution in [3.63, 3.8) is 0 Å². The maximum atomic E-state index is 12.4. The quantitative estimate of drug-likeness (QED) is 0.780. The third kappa shape index (κ3) is 5.86. The lowest BCUT2D eigenvalue weighted by molar-refractivity contribution is -0.117. The van der Waals surface area contributed by atoms with E-state index >= 15 is 0 Å². The first-order valence-corrected chi connectivity index (χ1v) is 8.54. The summed E-state index contributed by atoms with van der Waals surface area (Å²) >= 11 is 0. The molecule has 0 radical (unpaired) electrons. The maximum absolute atomic E-state index is 12.4. The highest BCUT2D eigenvalue weighted by atomic mass is 35.5. The first-order chi connectivity index (χ1) is 12.0. The van der Waals surface area contributed by atoms with Gasteiger partial charge in [-0.1, -0.05) is 36.4 Å². The zero-order valence-corrected chi connectivity index (χ0v) is 16.0. The predicted molar refractivity (Wildman–Crippen MR) is 108 cm³/mol. The number of carbonyl (C=O) groups excluding carboxylic acids is 2. The SMILES string of the molecule is CCN(CC)C(=O)c1cccc(NC(=O)C(N)Cc2ccccc2)c1.Cl. The number of rotatable bonds is 7. The second kappa shape index (κ2) is 10.6. The van der Waals surface area contributed by atoms with E-state index in [9.17, 15) is 9.59 Å². The zero-order chi connectivity index (χ0) is 18.2. The highest BCUT2D eigenvalue weighted by molar-refractivity contribution is 5.98. The summed E-state index contributed by atoms with van der Waals surface area (Å²) in [5.74, 6) is -0.314. The molecule has 0 aliphatic rings. The molecular weight excluding hydrogens is 350 g/mol. The maximum Gasteiger partial charge on any atom is 0.253 e. The molecule has 2 amide bonds. The average Bonchev–Trinajstić information content (AvgIpc) is 2.63. The van der Waals surface area contributed by atoms with Gasteiger partial charge in [-0.15, -0.1) is 12.4 Å². The molecule has 0 aromatic heterocycles. The van der Waals surface area contributed by atoms with Crippen molar-refractivity contribution >= 4 is 29.9 Å². The van der Waals surface area contributed by atoms with Crippen LogP contribution in [-0.4, -0.2) is 35.8 Å². The van der Waals surface area contributed by atoms with Crippen molar-refractivity contribution in [3.05, 3.63) is 65.7 Å². The van der Waals surface area contributed by atoms with E-state index in [1.165, 1.54) is 0 Å². The summed E-state index contributed by atoms with van der Waals surface area (Å²) in [6.07, 6.45) is 0.463. The van der Waals surface area contributed by atoms with Gasteiger partial charge in [0.05, 0.1) is 6.04 Å². The fourth-order valence-electron chi connectivity index (χ4n) is 2.62. The van der Waals surface area contributed by atoms with Crippen LogP contribution < -0.4 is 11.1 Å². The molecular formula is C20H26ClN3O2. The molecule has 3 N–H and O–H groups in total. The Morgan fingerprint density at radius 1 is 1.04 bits per heavy atom. The molecule has 0 heterocycles. The van der Waals surface area contributed by atoms with Gasteiger partial charge in [0.25, 0.3) is 5.91 Å². The molecule has 140 valence electrons. The number of carbonyl (C=O) groups is 2. The highest BCUT2D eigenvalue weighted by Gasteiger charge is 2.16. The Morgan fingerprint density at radius 3 is 2.31 bits per heavy atom. The topological polar surface area (TPSA) is 75.4 Å². The molecule has 0 saturated heterocycles. The van der Waals surface area contributed by atoms with Gasteiger partial charge in [-0.3, -0.25) is 9.59 Å². The van der Waals surface area contributed by atoms with Crippen LogP contribution in [0.1, 0.15) is 29.8 Å². The Morgan fingerprint density at radius 2 is 1.69 bits per heavy atom. The third-order valence-electron chi connectivity index (χ3n) is 4.06. The Hall–Kier alpha value is -2.37. The minimum atomic E-state index is -0.649. The van der Waals surface area contributed by atoms with Crippen LogP contribution in [0.15, 0.2) is 54.6 Å². The molecule has 2 aromatic rings. The highest BCUT2D eigenvalue weighted by Crippen LogP contribution is 2.14. The summed E-state index contributed by atoms with van der Waals surface area (Å²) in [5.41, 5.74) is 8.14. The number of anilines is 1. The monoisotopic (exact) mass is 375 g/mol. The van der Waals surface area contributed by atoms with E-state index in [1.807, 2.05) is 44.2 Å². The fourth-order valence-corrected chi connectivity index (χ4v) is 2.62.